The standard InChI is InChI=1S/C21H23N3O2/c1-13(2)23-21(26)17-11-22-19-15(12-25)8-6-9-16(19)20(17)24-18-10-5-4-7-14(18)3/h4-11,13,25H,12H2,1-3H3,(H,22,24)(H,23,26). The van der Waals surface area contributed by atoms with Gasteiger partial charge in [-0.2, -0.15) is 0 Å². The third-order valence-electron chi connectivity index (χ3n) is 4.22. The SMILES string of the molecule is Cc1ccccc1Nc1c(C(=O)NC(C)C)cnc2c(CO)cccc12. The Morgan fingerprint density at radius 1 is 1.15 bits per heavy atom. The number of fused-ring (bicyclic) bond motifs is 1. The summed E-state index contributed by atoms with van der Waals surface area (Å²) in [5, 5.41) is 16.8. The summed E-state index contributed by atoms with van der Waals surface area (Å²) in [4.78, 5) is 17.2. The number of carbonyl (C=O) groups is 1. The molecule has 0 aliphatic rings. The summed E-state index contributed by atoms with van der Waals surface area (Å²) in [6.45, 7) is 5.75. The summed E-state index contributed by atoms with van der Waals surface area (Å²) >= 11 is 0. The molecule has 1 heterocycles. The first-order valence-corrected chi connectivity index (χ1v) is 8.66. The second-order valence-corrected chi connectivity index (χ2v) is 6.59. The number of hydrogen-bond acceptors (Lipinski definition) is 4. The molecule has 3 N–H and O–H groups in total. The highest BCUT2D eigenvalue weighted by Gasteiger charge is 2.18. The number of aryl methyl sites for hydroxylation is 1. The summed E-state index contributed by atoms with van der Waals surface area (Å²) in [6.07, 6.45) is 1.57. The smallest absolute Gasteiger partial charge is 0.255 e. The van der Waals surface area contributed by atoms with Crippen LogP contribution in [0.1, 0.15) is 35.3 Å². The Kier molecular flexibility index (Phi) is 5.19. The molecule has 0 radical (unpaired) electrons. The molecule has 0 bridgehead atoms. The van der Waals surface area contributed by atoms with Gasteiger partial charge in [-0.25, -0.2) is 0 Å². The van der Waals surface area contributed by atoms with E-state index in [1.807, 2.05) is 63.2 Å². The molecule has 3 rings (SSSR count). The Hall–Kier alpha value is -2.92. The molecule has 0 aliphatic carbocycles. The molecule has 0 unspecified atom stereocenters. The lowest BCUT2D eigenvalue weighted by molar-refractivity contribution is 0.0944. The molecule has 0 spiro atoms. The molecular weight excluding hydrogens is 326 g/mol. The largest absolute Gasteiger partial charge is 0.392 e. The summed E-state index contributed by atoms with van der Waals surface area (Å²) < 4.78 is 0. The minimum absolute atomic E-state index is 0.0216. The van der Waals surface area contributed by atoms with E-state index in [1.165, 1.54) is 0 Å². The average molecular weight is 349 g/mol. The molecule has 0 atom stereocenters. The van der Waals surface area contributed by atoms with Crippen molar-refractivity contribution in [3.63, 3.8) is 0 Å². The first-order chi connectivity index (χ1) is 12.5. The van der Waals surface area contributed by atoms with Crippen molar-refractivity contribution in [1.82, 2.24) is 10.3 Å². The fraction of sp³-hybridized carbons (Fsp3) is 0.238. The van der Waals surface area contributed by atoms with Crippen LogP contribution in [-0.4, -0.2) is 22.0 Å². The predicted molar refractivity (Wildman–Crippen MR) is 105 cm³/mol. The van der Waals surface area contributed by atoms with Gasteiger partial charge >= 0.3 is 0 Å². The second kappa shape index (κ2) is 7.54. The van der Waals surface area contributed by atoms with E-state index in [0.29, 0.717) is 16.8 Å². The normalized spacial score (nSPS) is 11.0. The number of nitrogens with one attached hydrogen (secondary N) is 2. The van der Waals surface area contributed by atoms with Crippen LogP contribution in [0.5, 0.6) is 0 Å². The Bertz CT molecular complexity index is 951. The zero-order chi connectivity index (χ0) is 18.7. The molecule has 26 heavy (non-hydrogen) atoms. The second-order valence-electron chi connectivity index (χ2n) is 6.59. The summed E-state index contributed by atoms with van der Waals surface area (Å²) in [5.74, 6) is -0.181. The van der Waals surface area contributed by atoms with Crippen molar-refractivity contribution < 1.29 is 9.90 Å². The van der Waals surface area contributed by atoms with Crippen LogP contribution >= 0.6 is 0 Å². The maximum Gasteiger partial charge on any atom is 0.255 e. The number of aromatic nitrogens is 1. The first kappa shape index (κ1) is 17.9. The number of para-hydroxylation sites is 2. The van der Waals surface area contributed by atoms with Crippen molar-refractivity contribution in [3.05, 3.63) is 65.4 Å². The highest BCUT2D eigenvalue weighted by atomic mass is 16.3. The van der Waals surface area contributed by atoms with Gasteiger partial charge in [0.05, 0.1) is 23.4 Å². The molecule has 134 valence electrons. The van der Waals surface area contributed by atoms with Gasteiger partial charge in [0.15, 0.2) is 0 Å². The van der Waals surface area contributed by atoms with Gasteiger partial charge in [-0.1, -0.05) is 36.4 Å². The molecule has 0 saturated carbocycles. The zero-order valence-electron chi connectivity index (χ0n) is 15.2. The van der Waals surface area contributed by atoms with Crippen molar-refractivity contribution in [2.75, 3.05) is 5.32 Å². The van der Waals surface area contributed by atoms with E-state index in [9.17, 15) is 9.90 Å². The van der Waals surface area contributed by atoms with Crippen LogP contribution in [-0.2, 0) is 6.61 Å². The van der Waals surface area contributed by atoms with Crippen LogP contribution in [0.25, 0.3) is 10.9 Å². The third kappa shape index (κ3) is 3.53. The van der Waals surface area contributed by atoms with E-state index >= 15 is 0 Å². The zero-order valence-corrected chi connectivity index (χ0v) is 15.2. The van der Waals surface area contributed by atoms with Crippen molar-refractivity contribution in [1.29, 1.82) is 0 Å². The van der Waals surface area contributed by atoms with Crippen LogP contribution in [0.3, 0.4) is 0 Å². The number of anilines is 2. The lowest BCUT2D eigenvalue weighted by Crippen LogP contribution is -2.30. The number of benzene rings is 2. The van der Waals surface area contributed by atoms with E-state index in [4.69, 9.17) is 0 Å². The van der Waals surface area contributed by atoms with Gasteiger partial charge in [-0.3, -0.25) is 9.78 Å². The van der Waals surface area contributed by atoms with Crippen LogP contribution in [0.4, 0.5) is 11.4 Å². The number of rotatable bonds is 5. The van der Waals surface area contributed by atoms with Gasteiger partial charge in [0.25, 0.3) is 5.91 Å². The highest BCUT2D eigenvalue weighted by molar-refractivity contribution is 6.08. The van der Waals surface area contributed by atoms with Crippen molar-refractivity contribution in [2.45, 2.75) is 33.4 Å². The summed E-state index contributed by atoms with van der Waals surface area (Å²) in [5.41, 5.74) is 4.58. The van der Waals surface area contributed by atoms with Gasteiger partial charge in [0.1, 0.15) is 0 Å². The lowest BCUT2D eigenvalue weighted by atomic mass is 10.0. The maximum absolute atomic E-state index is 12.7. The van der Waals surface area contributed by atoms with Crippen LogP contribution < -0.4 is 10.6 Å². The molecule has 5 heteroatoms. The first-order valence-electron chi connectivity index (χ1n) is 8.66. The van der Waals surface area contributed by atoms with Crippen molar-refractivity contribution >= 4 is 28.2 Å². The summed E-state index contributed by atoms with van der Waals surface area (Å²) in [7, 11) is 0. The van der Waals surface area contributed by atoms with Gasteiger partial charge in [-0.15, -0.1) is 0 Å². The van der Waals surface area contributed by atoms with Gasteiger partial charge in [0, 0.05) is 28.9 Å². The van der Waals surface area contributed by atoms with Crippen LogP contribution in [0, 0.1) is 6.92 Å². The van der Waals surface area contributed by atoms with Gasteiger partial charge in [0.2, 0.25) is 0 Å². The third-order valence-corrected chi connectivity index (χ3v) is 4.22. The molecule has 0 aliphatic heterocycles. The van der Waals surface area contributed by atoms with E-state index in [1.54, 1.807) is 6.20 Å². The van der Waals surface area contributed by atoms with Gasteiger partial charge in [-0.05, 0) is 32.4 Å². The Balaban J connectivity index is 2.20. The Morgan fingerprint density at radius 2 is 1.92 bits per heavy atom. The number of amides is 1. The Labute approximate surface area is 153 Å². The number of nitrogens with zero attached hydrogens (tertiary/aromatic N) is 1. The minimum Gasteiger partial charge on any atom is -0.392 e. The molecule has 0 fully saturated rings. The molecule has 1 aromatic heterocycles. The van der Waals surface area contributed by atoms with Crippen LogP contribution in [0.2, 0.25) is 0 Å². The van der Waals surface area contributed by atoms with E-state index in [-0.39, 0.29) is 18.6 Å². The predicted octanol–water partition coefficient (Wildman–Crippen LogP) is 3.92. The Morgan fingerprint density at radius 3 is 2.62 bits per heavy atom. The quantitative estimate of drug-likeness (QED) is 0.653. The highest BCUT2D eigenvalue weighted by Crippen LogP contribution is 2.31. The molecule has 0 saturated heterocycles. The number of aliphatic hydroxyl groups excluding tert-OH is 1. The molecule has 1 amide bonds. The topological polar surface area (TPSA) is 74.2 Å². The van der Waals surface area contributed by atoms with E-state index < -0.39 is 0 Å². The number of hydrogen-bond donors (Lipinski definition) is 3. The fourth-order valence-corrected chi connectivity index (χ4v) is 2.91. The van der Waals surface area contributed by atoms with E-state index in [2.05, 4.69) is 15.6 Å². The molecular formula is C21H23N3O2. The maximum atomic E-state index is 12.7. The molecule has 5 nitrogen and oxygen atoms in total. The average Bonchev–Trinajstić information content (AvgIpc) is 2.62. The van der Waals surface area contributed by atoms with Crippen molar-refractivity contribution in [2.24, 2.45) is 0 Å². The van der Waals surface area contributed by atoms with E-state index in [0.717, 1.165) is 22.2 Å². The monoisotopic (exact) mass is 349 g/mol. The lowest BCUT2D eigenvalue weighted by Gasteiger charge is -2.18. The number of carbonyl (C=O) groups excluding carboxylic acids is 1. The molecule has 2 aromatic carbocycles. The van der Waals surface area contributed by atoms with Gasteiger partial charge < -0.3 is 15.7 Å². The molecule has 3 aromatic rings. The van der Waals surface area contributed by atoms with Crippen LogP contribution in [0.15, 0.2) is 48.7 Å². The number of aliphatic hydroxyl groups is 1. The minimum atomic E-state index is -0.181. The fourth-order valence-electron chi connectivity index (χ4n) is 2.91. The number of pyridine rings is 1. The van der Waals surface area contributed by atoms with Crippen molar-refractivity contribution in [3.8, 4) is 0 Å². The summed E-state index contributed by atoms with van der Waals surface area (Å²) in [6, 6.07) is 13.5.